The van der Waals surface area contributed by atoms with Crippen molar-refractivity contribution in [1.82, 2.24) is 9.78 Å². The summed E-state index contributed by atoms with van der Waals surface area (Å²) in [6.07, 6.45) is 1.94. The first-order chi connectivity index (χ1) is 7.66. The topological polar surface area (TPSA) is 29.9 Å². The molecule has 0 fully saturated rings. The van der Waals surface area contributed by atoms with Crippen LogP contribution >= 0.6 is 0 Å². The fraction of sp³-hybridized carbons (Fsp3) is 0.308. The minimum atomic E-state index is 0.824. The highest BCUT2D eigenvalue weighted by Crippen LogP contribution is 2.14. The van der Waals surface area contributed by atoms with E-state index < -0.39 is 0 Å². The van der Waals surface area contributed by atoms with Crippen molar-refractivity contribution in [2.45, 2.75) is 20.4 Å². The summed E-state index contributed by atoms with van der Waals surface area (Å²) in [6.45, 7) is 5.12. The Labute approximate surface area is 96.1 Å². The summed E-state index contributed by atoms with van der Waals surface area (Å²) in [6, 6.07) is 8.36. The third-order valence-electron chi connectivity index (χ3n) is 2.89. The average Bonchev–Trinajstić information content (AvgIpc) is 2.67. The Morgan fingerprint density at radius 3 is 2.75 bits per heavy atom. The van der Waals surface area contributed by atoms with E-state index in [-0.39, 0.29) is 0 Å². The maximum absolute atomic E-state index is 4.28. The Kier molecular flexibility index (Phi) is 2.95. The van der Waals surface area contributed by atoms with Crippen LogP contribution in [0.4, 0.5) is 5.82 Å². The Balaban J connectivity index is 2.07. The van der Waals surface area contributed by atoms with Gasteiger partial charge in [0.15, 0.2) is 0 Å². The zero-order valence-corrected chi connectivity index (χ0v) is 9.99. The molecule has 0 radical (unpaired) electrons. The van der Waals surface area contributed by atoms with E-state index >= 15 is 0 Å². The predicted molar refractivity (Wildman–Crippen MR) is 66.5 cm³/mol. The number of aromatic nitrogens is 2. The third-order valence-corrected chi connectivity index (χ3v) is 2.89. The first kappa shape index (κ1) is 10.7. The molecule has 0 saturated heterocycles. The van der Waals surface area contributed by atoms with Crippen LogP contribution in [0, 0.1) is 13.8 Å². The SMILES string of the molecule is Cc1cccc(CNc2ccn(C)n2)c1C. The van der Waals surface area contributed by atoms with Gasteiger partial charge in [-0.15, -0.1) is 0 Å². The molecule has 0 atom stereocenters. The quantitative estimate of drug-likeness (QED) is 0.853. The summed E-state index contributed by atoms with van der Waals surface area (Å²) in [4.78, 5) is 0. The maximum atomic E-state index is 4.28. The molecule has 0 aliphatic rings. The highest BCUT2D eigenvalue weighted by Gasteiger charge is 2.01. The minimum absolute atomic E-state index is 0.824. The lowest BCUT2D eigenvalue weighted by Crippen LogP contribution is -2.03. The van der Waals surface area contributed by atoms with Crippen LogP contribution in [-0.2, 0) is 13.6 Å². The Morgan fingerprint density at radius 2 is 2.06 bits per heavy atom. The van der Waals surface area contributed by atoms with Crippen LogP contribution in [0.3, 0.4) is 0 Å². The number of hydrogen-bond acceptors (Lipinski definition) is 2. The van der Waals surface area contributed by atoms with Crippen molar-refractivity contribution in [3.63, 3.8) is 0 Å². The molecule has 0 spiro atoms. The van der Waals surface area contributed by atoms with Gasteiger partial charge in [-0.05, 0) is 30.5 Å². The van der Waals surface area contributed by atoms with E-state index in [0.29, 0.717) is 0 Å². The Bertz CT molecular complexity index is 486. The molecule has 0 amide bonds. The zero-order valence-electron chi connectivity index (χ0n) is 9.99. The molecule has 1 aromatic heterocycles. The van der Waals surface area contributed by atoms with Gasteiger partial charge >= 0.3 is 0 Å². The molecule has 1 N–H and O–H groups in total. The Morgan fingerprint density at radius 1 is 1.25 bits per heavy atom. The molecule has 0 aliphatic carbocycles. The van der Waals surface area contributed by atoms with Gasteiger partial charge in [-0.2, -0.15) is 5.10 Å². The normalized spacial score (nSPS) is 10.4. The molecule has 0 saturated carbocycles. The standard InChI is InChI=1S/C13H17N3/c1-10-5-4-6-12(11(10)2)9-14-13-7-8-16(3)15-13/h4-8H,9H2,1-3H3,(H,14,15). The van der Waals surface area contributed by atoms with Crippen molar-refractivity contribution in [2.75, 3.05) is 5.32 Å². The van der Waals surface area contributed by atoms with Crippen LogP contribution in [0.5, 0.6) is 0 Å². The summed E-state index contributed by atoms with van der Waals surface area (Å²) in [5.74, 6) is 0.920. The van der Waals surface area contributed by atoms with E-state index in [9.17, 15) is 0 Å². The lowest BCUT2D eigenvalue weighted by atomic mass is 10.0. The van der Waals surface area contributed by atoms with E-state index in [1.54, 1.807) is 4.68 Å². The first-order valence-electron chi connectivity index (χ1n) is 5.45. The molecule has 2 rings (SSSR count). The highest BCUT2D eigenvalue weighted by molar-refractivity contribution is 5.38. The molecule has 0 bridgehead atoms. The lowest BCUT2D eigenvalue weighted by Gasteiger charge is -2.09. The largest absolute Gasteiger partial charge is 0.365 e. The molecular formula is C13H17N3. The number of hydrogen-bond donors (Lipinski definition) is 1. The summed E-state index contributed by atoms with van der Waals surface area (Å²) < 4.78 is 1.80. The monoisotopic (exact) mass is 215 g/mol. The van der Waals surface area contributed by atoms with Crippen molar-refractivity contribution in [2.24, 2.45) is 7.05 Å². The highest BCUT2D eigenvalue weighted by atomic mass is 15.3. The van der Waals surface area contributed by atoms with Crippen molar-refractivity contribution >= 4 is 5.82 Å². The molecule has 2 aromatic rings. The summed E-state index contributed by atoms with van der Waals surface area (Å²) in [5.41, 5.74) is 4.01. The maximum Gasteiger partial charge on any atom is 0.148 e. The van der Waals surface area contributed by atoms with Gasteiger partial charge in [0.1, 0.15) is 5.82 Å². The van der Waals surface area contributed by atoms with Gasteiger partial charge in [0.05, 0.1) is 0 Å². The van der Waals surface area contributed by atoms with Crippen molar-refractivity contribution in [3.8, 4) is 0 Å². The van der Waals surface area contributed by atoms with Crippen molar-refractivity contribution in [1.29, 1.82) is 0 Å². The molecule has 1 heterocycles. The number of aryl methyl sites for hydroxylation is 2. The van der Waals surface area contributed by atoms with E-state index in [0.717, 1.165) is 12.4 Å². The van der Waals surface area contributed by atoms with Gasteiger partial charge in [-0.3, -0.25) is 4.68 Å². The smallest absolute Gasteiger partial charge is 0.148 e. The van der Waals surface area contributed by atoms with Crippen LogP contribution in [0.1, 0.15) is 16.7 Å². The summed E-state index contributed by atoms with van der Waals surface area (Å²) >= 11 is 0. The molecule has 3 heteroatoms. The van der Waals surface area contributed by atoms with E-state index in [4.69, 9.17) is 0 Å². The van der Waals surface area contributed by atoms with Gasteiger partial charge in [-0.1, -0.05) is 18.2 Å². The fourth-order valence-corrected chi connectivity index (χ4v) is 1.70. The van der Waals surface area contributed by atoms with Crippen LogP contribution in [-0.4, -0.2) is 9.78 Å². The number of rotatable bonds is 3. The van der Waals surface area contributed by atoms with Gasteiger partial charge in [0.2, 0.25) is 0 Å². The van der Waals surface area contributed by atoms with Gasteiger partial charge in [0.25, 0.3) is 0 Å². The second-order valence-electron chi connectivity index (χ2n) is 4.09. The zero-order chi connectivity index (χ0) is 11.5. The van der Waals surface area contributed by atoms with Crippen LogP contribution in [0.25, 0.3) is 0 Å². The van der Waals surface area contributed by atoms with E-state index in [1.807, 2.05) is 19.3 Å². The Hall–Kier alpha value is -1.77. The minimum Gasteiger partial charge on any atom is -0.365 e. The van der Waals surface area contributed by atoms with Crippen LogP contribution in [0.15, 0.2) is 30.5 Å². The molecule has 16 heavy (non-hydrogen) atoms. The van der Waals surface area contributed by atoms with Crippen LogP contribution in [0.2, 0.25) is 0 Å². The fourth-order valence-electron chi connectivity index (χ4n) is 1.70. The third kappa shape index (κ3) is 2.24. The summed E-state index contributed by atoms with van der Waals surface area (Å²) in [7, 11) is 1.92. The van der Waals surface area contributed by atoms with E-state index in [1.165, 1.54) is 16.7 Å². The second-order valence-corrected chi connectivity index (χ2v) is 4.09. The van der Waals surface area contributed by atoms with Gasteiger partial charge < -0.3 is 5.32 Å². The van der Waals surface area contributed by atoms with E-state index in [2.05, 4.69) is 42.5 Å². The number of benzene rings is 1. The molecular weight excluding hydrogens is 198 g/mol. The molecule has 0 unspecified atom stereocenters. The average molecular weight is 215 g/mol. The van der Waals surface area contributed by atoms with Gasteiger partial charge in [-0.25, -0.2) is 0 Å². The number of nitrogens with zero attached hydrogens (tertiary/aromatic N) is 2. The predicted octanol–water partition coefficient (Wildman–Crippen LogP) is 2.65. The van der Waals surface area contributed by atoms with Crippen molar-refractivity contribution in [3.05, 3.63) is 47.2 Å². The summed E-state index contributed by atoms with van der Waals surface area (Å²) in [5, 5.41) is 7.60. The van der Waals surface area contributed by atoms with Crippen molar-refractivity contribution < 1.29 is 0 Å². The molecule has 3 nitrogen and oxygen atoms in total. The first-order valence-corrected chi connectivity index (χ1v) is 5.45. The van der Waals surface area contributed by atoms with Gasteiger partial charge in [0, 0.05) is 25.9 Å². The number of nitrogens with one attached hydrogen (secondary N) is 1. The molecule has 1 aromatic carbocycles. The molecule has 84 valence electrons. The second kappa shape index (κ2) is 4.39. The molecule has 0 aliphatic heterocycles. The van der Waals surface area contributed by atoms with Crippen LogP contribution < -0.4 is 5.32 Å². The number of anilines is 1. The lowest BCUT2D eigenvalue weighted by molar-refractivity contribution is 0.768.